The molecule has 2 aromatic rings. The molecular weight excluding hydrogens is 262 g/mol. The lowest BCUT2D eigenvalue weighted by Gasteiger charge is -2.11. The van der Waals surface area contributed by atoms with Gasteiger partial charge in [0.1, 0.15) is 10.0 Å². The Labute approximate surface area is 113 Å². The first-order valence-electron chi connectivity index (χ1n) is 5.91. The number of carbonyl (C=O) groups is 2. The molecule has 5 nitrogen and oxygen atoms in total. The van der Waals surface area contributed by atoms with E-state index in [4.69, 9.17) is 0 Å². The molecule has 6 heteroatoms. The lowest BCUT2D eigenvalue weighted by molar-refractivity contribution is 0.0656. The van der Waals surface area contributed by atoms with Gasteiger partial charge in [0.25, 0.3) is 11.8 Å². The number of hydrogen-bond donors (Lipinski definition) is 0. The van der Waals surface area contributed by atoms with Gasteiger partial charge in [-0.05, 0) is 19.1 Å². The summed E-state index contributed by atoms with van der Waals surface area (Å²) < 4.78 is 0. The van der Waals surface area contributed by atoms with Gasteiger partial charge in [-0.25, -0.2) is 0 Å². The van der Waals surface area contributed by atoms with Crippen molar-refractivity contribution in [3.63, 3.8) is 0 Å². The van der Waals surface area contributed by atoms with Crippen LogP contribution in [0.3, 0.4) is 0 Å². The Balaban J connectivity index is 1.77. The molecule has 96 valence electrons. The first-order chi connectivity index (χ1) is 9.16. The summed E-state index contributed by atoms with van der Waals surface area (Å²) in [6.07, 6.45) is 0.553. The van der Waals surface area contributed by atoms with Gasteiger partial charge >= 0.3 is 0 Å². The molecule has 0 saturated carbocycles. The second-order valence-electron chi connectivity index (χ2n) is 4.27. The molecule has 0 fully saturated rings. The molecule has 1 aromatic heterocycles. The van der Waals surface area contributed by atoms with Crippen LogP contribution < -0.4 is 0 Å². The lowest BCUT2D eigenvalue weighted by Crippen LogP contribution is -2.31. The van der Waals surface area contributed by atoms with Gasteiger partial charge in [-0.3, -0.25) is 14.5 Å². The quantitative estimate of drug-likeness (QED) is 0.798. The molecular formula is C13H11N3O2S. The van der Waals surface area contributed by atoms with E-state index in [2.05, 4.69) is 10.2 Å². The normalized spacial score (nSPS) is 14.1. The van der Waals surface area contributed by atoms with E-state index in [1.807, 2.05) is 6.92 Å². The highest BCUT2D eigenvalue weighted by Crippen LogP contribution is 2.22. The van der Waals surface area contributed by atoms with E-state index in [1.54, 1.807) is 24.3 Å². The van der Waals surface area contributed by atoms with Crippen molar-refractivity contribution in [1.29, 1.82) is 0 Å². The van der Waals surface area contributed by atoms with Crippen molar-refractivity contribution in [2.45, 2.75) is 13.3 Å². The van der Waals surface area contributed by atoms with Gasteiger partial charge in [0.2, 0.25) is 0 Å². The minimum Gasteiger partial charge on any atom is -0.274 e. The van der Waals surface area contributed by atoms with E-state index >= 15 is 0 Å². The molecule has 1 aliphatic heterocycles. The Hall–Kier alpha value is -2.08. The van der Waals surface area contributed by atoms with E-state index in [0.29, 0.717) is 24.1 Å². The number of benzene rings is 1. The Bertz CT molecular complexity index is 630. The second-order valence-corrected chi connectivity index (χ2v) is 5.54. The summed E-state index contributed by atoms with van der Waals surface area (Å²) in [5, 5.41) is 9.64. The average Bonchev–Trinajstić information content (AvgIpc) is 2.93. The standard InChI is InChI=1S/C13H11N3O2S/c1-8-14-15-11(19-8)6-7-16-12(17)9-4-2-3-5-10(9)13(16)18/h2-5H,6-7H2,1H3. The number of amides is 2. The Morgan fingerprint density at radius 2 is 1.74 bits per heavy atom. The number of aromatic nitrogens is 2. The number of nitrogens with zero attached hydrogens (tertiary/aromatic N) is 3. The topological polar surface area (TPSA) is 63.2 Å². The Kier molecular flexibility index (Phi) is 2.87. The summed E-state index contributed by atoms with van der Waals surface area (Å²) in [4.78, 5) is 25.5. The maximum absolute atomic E-state index is 12.1. The molecule has 0 aliphatic carbocycles. The smallest absolute Gasteiger partial charge is 0.261 e. The maximum atomic E-state index is 12.1. The van der Waals surface area contributed by atoms with Gasteiger partial charge in [-0.2, -0.15) is 0 Å². The SMILES string of the molecule is Cc1nnc(CCN2C(=O)c3ccccc3C2=O)s1. The average molecular weight is 273 g/mol. The van der Waals surface area contributed by atoms with E-state index in [1.165, 1.54) is 16.2 Å². The summed E-state index contributed by atoms with van der Waals surface area (Å²) in [5.41, 5.74) is 0.974. The molecule has 0 saturated heterocycles. The Morgan fingerprint density at radius 1 is 1.11 bits per heavy atom. The molecule has 3 rings (SSSR count). The third kappa shape index (κ3) is 2.04. The minimum absolute atomic E-state index is 0.221. The van der Waals surface area contributed by atoms with Crippen LogP contribution >= 0.6 is 11.3 Å². The van der Waals surface area contributed by atoms with Gasteiger partial charge in [-0.1, -0.05) is 12.1 Å². The fourth-order valence-electron chi connectivity index (χ4n) is 2.09. The van der Waals surface area contributed by atoms with Crippen LogP contribution in [-0.2, 0) is 6.42 Å². The molecule has 0 spiro atoms. The van der Waals surface area contributed by atoms with Crippen molar-refractivity contribution in [3.8, 4) is 0 Å². The molecule has 0 bridgehead atoms. The van der Waals surface area contributed by atoms with E-state index < -0.39 is 0 Å². The summed E-state index contributed by atoms with van der Waals surface area (Å²) in [6, 6.07) is 6.90. The zero-order valence-corrected chi connectivity index (χ0v) is 11.1. The number of imide groups is 1. The van der Waals surface area contributed by atoms with Crippen LogP contribution in [-0.4, -0.2) is 33.5 Å². The lowest BCUT2D eigenvalue weighted by atomic mass is 10.1. The van der Waals surface area contributed by atoms with Gasteiger partial charge in [0.05, 0.1) is 11.1 Å². The van der Waals surface area contributed by atoms with Crippen LogP contribution in [0.15, 0.2) is 24.3 Å². The zero-order valence-electron chi connectivity index (χ0n) is 10.3. The van der Waals surface area contributed by atoms with E-state index in [9.17, 15) is 9.59 Å². The summed E-state index contributed by atoms with van der Waals surface area (Å²) in [5.74, 6) is -0.441. The van der Waals surface area contributed by atoms with Crippen molar-refractivity contribution in [1.82, 2.24) is 15.1 Å². The van der Waals surface area contributed by atoms with Crippen LogP contribution in [0.2, 0.25) is 0 Å². The molecule has 0 atom stereocenters. The summed E-state index contributed by atoms with van der Waals surface area (Å²) in [7, 11) is 0. The van der Waals surface area contributed by atoms with Gasteiger partial charge in [0.15, 0.2) is 0 Å². The molecule has 2 heterocycles. The number of carbonyl (C=O) groups excluding carboxylic acids is 2. The third-order valence-electron chi connectivity index (χ3n) is 3.00. The highest BCUT2D eigenvalue weighted by atomic mass is 32.1. The van der Waals surface area contributed by atoms with Crippen LogP contribution in [0.4, 0.5) is 0 Å². The van der Waals surface area contributed by atoms with Gasteiger partial charge in [-0.15, -0.1) is 21.5 Å². The van der Waals surface area contributed by atoms with Crippen LogP contribution in [0.5, 0.6) is 0 Å². The summed E-state index contributed by atoms with van der Waals surface area (Å²) in [6.45, 7) is 2.23. The molecule has 1 aromatic carbocycles. The number of aryl methyl sites for hydroxylation is 1. The van der Waals surface area contributed by atoms with Gasteiger partial charge in [0, 0.05) is 13.0 Å². The van der Waals surface area contributed by atoms with Crippen LogP contribution in [0, 0.1) is 6.92 Å². The Morgan fingerprint density at radius 3 is 2.26 bits per heavy atom. The highest BCUT2D eigenvalue weighted by molar-refractivity contribution is 7.11. The van der Waals surface area contributed by atoms with E-state index in [0.717, 1.165) is 10.0 Å². The number of rotatable bonds is 3. The molecule has 1 aliphatic rings. The molecule has 0 radical (unpaired) electrons. The van der Waals surface area contributed by atoms with Crippen molar-refractivity contribution in [3.05, 3.63) is 45.4 Å². The number of hydrogen-bond acceptors (Lipinski definition) is 5. The largest absolute Gasteiger partial charge is 0.274 e. The highest BCUT2D eigenvalue weighted by Gasteiger charge is 2.34. The van der Waals surface area contributed by atoms with Crippen LogP contribution in [0.1, 0.15) is 30.7 Å². The van der Waals surface area contributed by atoms with Crippen LogP contribution in [0.25, 0.3) is 0 Å². The predicted molar refractivity (Wildman–Crippen MR) is 70.2 cm³/mol. The van der Waals surface area contributed by atoms with Crippen molar-refractivity contribution in [2.75, 3.05) is 6.54 Å². The minimum atomic E-state index is -0.221. The van der Waals surface area contributed by atoms with Crippen molar-refractivity contribution < 1.29 is 9.59 Å². The monoisotopic (exact) mass is 273 g/mol. The molecule has 19 heavy (non-hydrogen) atoms. The molecule has 0 N–H and O–H groups in total. The van der Waals surface area contributed by atoms with Gasteiger partial charge < -0.3 is 0 Å². The predicted octanol–water partition coefficient (Wildman–Crippen LogP) is 1.69. The number of fused-ring (bicyclic) bond motifs is 1. The zero-order chi connectivity index (χ0) is 13.4. The molecule has 0 unspecified atom stereocenters. The maximum Gasteiger partial charge on any atom is 0.261 e. The summed E-state index contributed by atoms with van der Waals surface area (Å²) >= 11 is 1.49. The second kappa shape index (κ2) is 4.55. The fourth-order valence-corrected chi connectivity index (χ4v) is 2.79. The fraction of sp³-hybridized carbons (Fsp3) is 0.231. The van der Waals surface area contributed by atoms with Crippen molar-refractivity contribution >= 4 is 23.2 Å². The first-order valence-corrected chi connectivity index (χ1v) is 6.72. The molecule has 2 amide bonds. The van der Waals surface area contributed by atoms with Crippen molar-refractivity contribution in [2.24, 2.45) is 0 Å². The van der Waals surface area contributed by atoms with E-state index in [-0.39, 0.29) is 11.8 Å². The first kappa shape index (κ1) is 12.0. The third-order valence-corrected chi connectivity index (χ3v) is 3.89.